The van der Waals surface area contributed by atoms with E-state index in [-0.39, 0.29) is 6.67 Å². The molecule has 0 spiro atoms. The molecule has 1 heterocycles. The van der Waals surface area contributed by atoms with Crippen molar-refractivity contribution < 1.29 is 4.39 Å². The number of nitrogens with one attached hydrogen (secondary N) is 1. The molecule has 0 amide bonds. The van der Waals surface area contributed by atoms with Gasteiger partial charge in [0.2, 0.25) is 0 Å². The number of aryl methyl sites for hydroxylation is 1. The molecule has 1 N–H and O–H groups in total. The van der Waals surface area contributed by atoms with Crippen LogP contribution >= 0.6 is 0 Å². The van der Waals surface area contributed by atoms with Crippen molar-refractivity contribution in [3.63, 3.8) is 0 Å². The maximum Gasteiger partial charge on any atom is 0.109 e. The van der Waals surface area contributed by atoms with Gasteiger partial charge in [-0.05, 0) is 25.3 Å². The van der Waals surface area contributed by atoms with E-state index in [1.54, 1.807) is 10.9 Å². The Morgan fingerprint density at radius 1 is 1.57 bits per heavy atom. The van der Waals surface area contributed by atoms with Gasteiger partial charge in [0.25, 0.3) is 0 Å². The van der Waals surface area contributed by atoms with Gasteiger partial charge < -0.3 is 5.32 Å². The fourth-order valence-corrected chi connectivity index (χ4v) is 1.45. The molecule has 0 atom stereocenters. The van der Waals surface area contributed by atoms with Gasteiger partial charge in [0.1, 0.15) is 6.67 Å². The molecule has 1 aromatic rings. The Morgan fingerprint density at radius 2 is 2.43 bits per heavy atom. The minimum Gasteiger partial charge on any atom is -0.312 e. The van der Waals surface area contributed by atoms with Gasteiger partial charge in [-0.1, -0.05) is 0 Å². The normalized spacial score (nSPS) is 16.1. The molecule has 78 valence electrons. The van der Waals surface area contributed by atoms with Crippen LogP contribution in [0.3, 0.4) is 0 Å². The number of alkyl halides is 1. The molecule has 1 fully saturated rings. The molecule has 1 aliphatic rings. The summed E-state index contributed by atoms with van der Waals surface area (Å²) in [6.45, 7) is 1.97. The molecule has 0 bridgehead atoms. The fourth-order valence-electron chi connectivity index (χ4n) is 1.45. The Morgan fingerprint density at radius 3 is 3.14 bits per heavy atom. The highest BCUT2D eigenvalue weighted by atomic mass is 19.1. The zero-order chi connectivity index (χ0) is 9.80. The van der Waals surface area contributed by atoms with Gasteiger partial charge >= 0.3 is 0 Å². The molecule has 1 saturated carbocycles. The lowest BCUT2D eigenvalue weighted by atomic mass is 10.3. The minimum atomic E-state index is -0.351. The minimum absolute atomic E-state index is 0.351. The van der Waals surface area contributed by atoms with Crippen molar-refractivity contribution in [2.45, 2.75) is 25.9 Å². The Balaban J connectivity index is 1.71. The van der Waals surface area contributed by atoms with Crippen molar-refractivity contribution in [2.75, 3.05) is 13.2 Å². The van der Waals surface area contributed by atoms with E-state index in [0.717, 1.165) is 24.6 Å². The van der Waals surface area contributed by atoms with Crippen LogP contribution in [0.1, 0.15) is 18.4 Å². The third-order valence-electron chi connectivity index (χ3n) is 2.46. The molecule has 0 aromatic carbocycles. The summed E-state index contributed by atoms with van der Waals surface area (Å²) in [5.41, 5.74) is 1.14. The van der Waals surface area contributed by atoms with E-state index in [1.807, 2.05) is 6.20 Å². The number of aromatic nitrogens is 2. The van der Waals surface area contributed by atoms with E-state index < -0.39 is 0 Å². The van der Waals surface area contributed by atoms with Crippen molar-refractivity contribution in [1.29, 1.82) is 0 Å². The summed E-state index contributed by atoms with van der Waals surface area (Å²) in [7, 11) is 0. The quantitative estimate of drug-likeness (QED) is 0.746. The molecule has 0 unspecified atom stereocenters. The summed E-state index contributed by atoms with van der Waals surface area (Å²) in [6.07, 6.45) is 6.44. The molecular weight excluding hydrogens is 181 g/mol. The van der Waals surface area contributed by atoms with E-state index in [2.05, 4.69) is 10.4 Å². The fraction of sp³-hybridized carbons (Fsp3) is 0.700. The SMILES string of the molecule is FCCn1cc(CNCC2CC2)cn1. The van der Waals surface area contributed by atoms with Gasteiger partial charge in [-0.3, -0.25) is 4.68 Å². The van der Waals surface area contributed by atoms with Crippen LogP contribution in [-0.4, -0.2) is 23.0 Å². The first-order chi connectivity index (χ1) is 6.88. The molecule has 1 aromatic heterocycles. The third kappa shape index (κ3) is 2.80. The number of hydrogen-bond donors (Lipinski definition) is 1. The maximum absolute atomic E-state index is 12.0. The van der Waals surface area contributed by atoms with Crippen LogP contribution in [0, 0.1) is 5.92 Å². The van der Waals surface area contributed by atoms with Crippen molar-refractivity contribution in [2.24, 2.45) is 5.92 Å². The number of nitrogens with zero attached hydrogens (tertiary/aromatic N) is 2. The topological polar surface area (TPSA) is 29.9 Å². The molecule has 3 nitrogen and oxygen atoms in total. The summed E-state index contributed by atoms with van der Waals surface area (Å²) in [5.74, 6) is 0.899. The Kier molecular flexibility index (Phi) is 3.14. The maximum atomic E-state index is 12.0. The molecule has 14 heavy (non-hydrogen) atoms. The van der Waals surface area contributed by atoms with Gasteiger partial charge in [0.15, 0.2) is 0 Å². The van der Waals surface area contributed by atoms with Gasteiger partial charge in [-0.25, -0.2) is 4.39 Å². The lowest BCUT2D eigenvalue weighted by Gasteiger charge is -1.99. The van der Waals surface area contributed by atoms with Gasteiger partial charge in [-0.2, -0.15) is 5.10 Å². The number of rotatable bonds is 6. The van der Waals surface area contributed by atoms with E-state index in [9.17, 15) is 4.39 Å². The number of halogens is 1. The van der Waals surface area contributed by atoms with E-state index in [1.165, 1.54) is 12.8 Å². The van der Waals surface area contributed by atoms with Crippen LogP contribution in [-0.2, 0) is 13.1 Å². The average molecular weight is 197 g/mol. The zero-order valence-electron chi connectivity index (χ0n) is 8.25. The van der Waals surface area contributed by atoms with Crippen LogP contribution in [0.15, 0.2) is 12.4 Å². The van der Waals surface area contributed by atoms with Crippen LogP contribution in [0.5, 0.6) is 0 Å². The largest absolute Gasteiger partial charge is 0.312 e. The van der Waals surface area contributed by atoms with Crippen molar-refractivity contribution in [3.05, 3.63) is 18.0 Å². The van der Waals surface area contributed by atoms with Crippen LogP contribution in [0.2, 0.25) is 0 Å². The van der Waals surface area contributed by atoms with Gasteiger partial charge in [0, 0.05) is 18.3 Å². The van der Waals surface area contributed by atoms with E-state index in [4.69, 9.17) is 0 Å². The van der Waals surface area contributed by atoms with E-state index in [0.29, 0.717) is 6.54 Å². The van der Waals surface area contributed by atoms with Crippen molar-refractivity contribution in [1.82, 2.24) is 15.1 Å². The molecule has 2 rings (SSSR count). The Hall–Kier alpha value is -0.900. The monoisotopic (exact) mass is 197 g/mol. The lowest BCUT2D eigenvalue weighted by molar-refractivity contribution is 0.427. The summed E-state index contributed by atoms with van der Waals surface area (Å²) >= 11 is 0. The third-order valence-corrected chi connectivity index (χ3v) is 2.46. The summed E-state index contributed by atoms with van der Waals surface area (Å²) in [5, 5.41) is 7.43. The first-order valence-corrected chi connectivity index (χ1v) is 5.16. The predicted molar refractivity (Wildman–Crippen MR) is 52.6 cm³/mol. The second kappa shape index (κ2) is 4.55. The second-order valence-electron chi connectivity index (χ2n) is 3.87. The lowest BCUT2D eigenvalue weighted by Crippen LogP contribution is -2.15. The Labute approximate surface area is 83.3 Å². The molecule has 0 aliphatic heterocycles. The summed E-state index contributed by atoms with van der Waals surface area (Å²) in [4.78, 5) is 0. The zero-order valence-corrected chi connectivity index (χ0v) is 8.25. The molecule has 0 saturated heterocycles. The second-order valence-corrected chi connectivity index (χ2v) is 3.87. The highest BCUT2D eigenvalue weighted by Gasteiger charge is 2.20. The summed E-state index contributed by atoms with van der Waals surface area (Å²) < 4.78 is 13.6. The van der Waals surface area contributed by atoms with Crippen molar-refractivity contribution in [3.8, 4) is 0 Å². The van der Waals surface area contributed by atoms with E-state index >= 15 is 0 Å². The van der Waals surface area contributed by atoms with Gasteiger partial charge in [-0.15, -0.1) is 0 Å². The van der Waals surface area contributed by atoms with Crippen LogP contribution in [0.4, 0.5) is 4.39 Å². The average Bonchev–Trinajstić information content (AvgIpc) is 2.88. The first-order valence-electron chi connectivity index (χ1n) is 5.16. The van der Waals surface area contributed by atoms with Crippen molar-refractivity contribution >= 4 is 0 Å². The first kappa shape index (κ1) is 9.65. The smallest absolute Gasteiger partial charge is 0.109 e. The molecule has 0 radical (unpaired) electrons. The molecule has 1 aliphatic carbocycles. The summed E-state index contributed by atoms with van der Waals surface area (Å²) in [6, 6.07) is 0. The van der Waals surface area contributed by atoms with Crippen LogP contribution in [0.25, 0.3) is 0 Å². The standard InChI is InChI=1S/C10H16FN3/c11-3-4-14-8-10(7-13-14)6-12-5-9-1-2-9/h7-9,12H,1-6H2. The highest BCUT2D eigenvalue weighted by Crippen LogP contribution is 2.27. The van der Waals surface area contributed by atoms with Crippen LogP contribution < -0.4 is 5.32 Å². The molecule has 4 heteroatoms. The molecular formula is C10H16FN3. The van der Waals surface area contributed by atoms with Gasteiger partial charge in [0.05, 0.1) is 12.7 Å². The highest BCUT2D eigenvalue weighted by molar-refractivity contribution is 5.03. The number of hydrogen-bond acceptors (Lipinski definition) is 2. The Bertz CT molecular complexity index is 281. The predicted octanol–water partition coefficient (Wildman–Crippen LogP) is 1.35.